The van der Waals surface area contributed by atoms with Gasteiger partial charge in [-0.15, -0.1) is 0 Å². The van der Waals surface area contributed by atoms with E-state index in [0.29, 0.717) is 12.2 Å². The maximum absolute atomic E-state index is 13.0. The second-order valence-electron chi connectivity index (χ2n) is 9.78. The number of allylic oxidation sites excluding steroid dienone is 2. The smallest absolute Gasteiger partial charge is 0.267 e. The van der Waals surface area contributed by atoms with Crippen LogP contribution in [0.3, 0.4) is 0 Å². The topological polar surface area (TPSA) is 58.6 Å². The number of hydrogen-bond acceptors (Lipinski definition) is 3. The predicted molar refractivity (Wildman–Crippen MR) is 131 cm³/mol. The number of hydrogen-bond donors (Lipinski definition) is 2. The summed E-state index contributed by atoms with van der Waals surface area (Å²) in [6, 6.07) is 5.23. The molecule has 0 bridgehead atoms. The zero-order valence-electron chi connectivity index (χ0n) is 20.2. The van der Waals surface area contributed by atoms with Gasteiger partial charge in [-0.25, -0.2) is 0 Å². The van der Waals surface area contributed by atoms with Gasteiger partial charge in [0.15, 0.2) is 0 Å². The van der Waals surface area contributed by atoms with Gasteiger partial charge in [-0.3, -0.25) is 4.79 Å². The molecule has 1 spiro atoms. The number of phenols is 1. The van der Waals surface area contributed by atoms with E-state index in [0.717, 1.165) is 24.8 Å². The van der Waals surface area contributed by atoms with Crippen LogP contribution in [0.4, 0.5) is 0 Å². The van der Waals surface area contributed by atoms with Crippen LogP contribution in [-0.4, -0.2) is 22.2 Å². The summed E-state index contributed by atoms with van der Waals surface area (Å²) in [4.78, 5) is 13.0. The molecule has 2 N–H and O–H groups in total. The van der Waals surface area contributed by atoms with E-state index in [2.05, 4.69) is 31.3 Å². The van der Waals surface area contributed by atoms with E-state index in [1.807, 2.05) is 19.1 Å². The van der Waals surface area contributed by atoms with E-state index in [-0.39, 0.29) is 11.7 Å². The van der Waals surface area contributed by atoms with Crippen LogP contribution in [0.15, 0.2) is 42.0 Å². The van der Waals surface area contributed by atoms with Crippen molar-refractivity contribution in [2.75, 3.05) is 0 Å². The Morgan fingerprint density at radius 3 is 2.25 bits per heavy atom. The summed E-state index contributed by atoms with van der Waals surface area (Å²) in [5.41, 5.74) is 0.599. The van der Waals surface area contributed by atoms with Gasteiger partial charge in [0, 0.05) is 0 Å². The van der Waals surface area contributed by atoms with Crippen LogP contribution < -0.4 is 10.1 Å². The molecule has 1 aromatic rings. The molecule has 1 aliphatic carbocycles. The number of aryl methyl sites for hydroxylation is 1. The number of amides is 1. The molecule has 1 amide bonds. The van der Waals surface area contributed by atoms with Crippen LogP contribution in [0.5, 0.6) is 11.5 Å². The largest absolute Gasteiger partial charge is 0.508 e. The molecule has 1 fully saturated rings. The molecule has 176 valence electrons. The van der Waals surface area contributed by atoms with Crippen molar-refractivity contribution in [2.45, 2.75) is 109 Å². The molecular formula is C28H41NO3. The highest BCUT2D eigenvalue weighted by Crippen LogP contribution is 2.46. The van der Waals surface area contributed by atoms with E-state index >= 15 is 0 Å². The first-order chi connectivity index (χ1) is 15.4. The third-order valence-electron chi connectivity index (χ3n) is 7.09. The maximum Gasteiger partial charge on any atom is 0.267 e. The van der Waals surface area contributed by atoms with E-state index in [1.165, 1.54) is 56.9 Å². The van der Waals surface area contributed by atoms with Crippen molar-refractivity contribution in [1.29, 1.82) is 0 Å². The van der Waals surface area contributed by atoms with Gasteiger partial charge in [-0.1, -0.05) is 88.5 Å². The van der Waals surface area contributed by atoms with Gasteiger partial charge in [-0.2, -0.15) is 0 Å². The Bertz CT molecular complexity index is 843. The molecule has 0 aromatic heterocycles. The Balaban J connectivity index is 1.61. The number of carbonyl (C=O) groups is 1. The van der Waals surface area contributed by atoms with Crippen molar-refractivity contribution in [1.82, 2.24) is 5.32 Å². The summed E-state index contributed by atoms with van der Waals surface area (Å²) in [7, 11) is 0. The maximum atomic E-state index is 13.0. The van der Waals surface area contributed by atoms with Gasteiger partial charge in [0.25, 0.3) is 5.91 Å². The lowest BCUT2D eigenvalue weighted by Crippen LogP contribution is -2.83. The van der Waals surface area contributed by atoms with Crippen LogP contribution in [0.1, 0.15) is 96.5 Å². The molecule has 4 heteroatoms. The molecular weight excluding hydrogens is 398 g/mol. The normalized spacial score (nSPS) is 24.2. The molecule has 0 radical (unpaired) electrons. The summed E-state index contributed by atoms with van der Waals surface area (Å²) in [5, 5.41) is 13.1. The first kappa shape index (κ1) is 24.4. The molecule has 1 aliphatic heterocycles. The zero-order valence-corrected chi connectivity index (χ0v) is 20.2. The first-order valence-electron chi connectivity index (χ1n) is 12.6. The fourth-order valence-electron chi connectivity index (χ4n) is 5.12. The van der Waals surface area contributed by atoms with Gasteiger partial charge in [0.2, 0.25) is 5.60 Å². The Morgan fingerprint density at radius 1 is 1.00 bits per heavy atom. The number of unbranched alkanes of at least 4 members (excludes halogenated alkanes) is 9. The quantitative estimate of drug-likeness (QED) is 0.259. The fraction of sp³-hybridized carbons (Fsp3) is 0.607. The number of carbonyl (C=O) groups excluding carboxylic acids is 1. The lowest BCUT2D eigenvalue weighted by Gasteiger charge is -2.57. The summed E-state index contributed by atoms with van der Waals surface area (Å²) >= 11 is 0. The third-order valence-corrected chi connectivity index (χ3v) is 7.09. The SMILES string of the molecule is CCCCCCCCCCCCC1(Oc2ccc(O)c(C)c2)C(=O)NC12C=CC=C(C)C2. The minimum atomic E-state index is -0.900. The third kappa shape index (κ3) is 5.39. The fourth-order valence-corrected chi connectivity index (χ4v) is 5.12. The molecule has 2 atom stereocenters. The van der Waals surface area contributed by atoms with Gasteiger partial charge in [-0.05, 0) is 56.9 Å². The molecule has 32 heavy (non-hydrogen) atoms. The number of aromatic hydroxyl groups is 1. The molecule has 1 saturated heterocycles. The van der Waals surface area contributed by atoms with Crippen LogP contribution in [0, 0.1) is 6.92 Å². The Morgan fingerprint density at radius 2 is 1.66 bits per heavy atom. The highest BCUT2D eigenvalue weighted by atomic mass is 16.5. The molecule has 3 rings (SSSR count). The first-order valence-corrected chi connectivity index (χ1v) is 12.6. The molecule has 0 saturated carbocycles. The van der Waals surface area contributed by atoms with Crippen LogP contribution >= 0.6 is 0 Å². The van der Waals surface area contributed by atoms with E-state index in [9.17, 15) is 9.90 Å². The number of β-lactam (4-membered cyclic amide) rings is 1. The van der Waals surface area contributed by atoms with E-state index in [4.69, 9.17) is 4.74 Å². The van der Waals surface area contributed by atoms with Gasteiger partial charge >= 0.3 is 0 Å². The predicted octanol–water partition coefficient (Wildman–Crippen LogP) is 6.90. The monoisotopic (exact) mass is 439 g/mol. The number of phenolic OH excluding ortho intramolecular Hbond substituents is 1. The molecule has 2 unspecified atom stereocenters. The average Bonchev–Trinajstić information content (AvgIpc) is 2.76. The van der Waals surface area contributed by atoms with Crippen molar-refractivity contribution in [3.8, 4) is 11.5 Å². The molecule has 1 heterocycles. The lowest BCUT2D eigenvalue weighted by atomic mass is 9.64. The van der Waals surface area contributed by atoms with Crippen molar-refractivity contribution in [2.24, 2.45) is 0 Å². The Hall–Kier alpha value is -2.23. The van der Waals surface area contributed by atoms with Gasteiger partial charge < -0.3 is 15.2 Å². The van der Waals surface area contributed by atoms with E-state index in [1.54, 1.807) is 12.1 Å². The number of rotatable bonds is 13. The summed E-state index contributed by atoms with van der Waals surface area (Å²) < 4.78 is 6.51. The number of nitrogens with one attached hydrogen (secondary N) is 1. The van der Waals surface area contributed by atoms with Crippen LogP contribution in [0.2, 0.25) is 0 Å². The molecule has 2 aliphatic rings. The second-order valence-corrected chi connectivity index (χ2v) is 9.78. The summed E-state index contributed by atoms with van der Waals surface area (Å²) in [5.74, 6) is 0.853. The molecule has 4 nitrogen and oxygen atoms in total. The minimum Gasteiger partial charge on any atom is -0.508 e. The van der Waals surface area contributed by atoms with Crippen molar-refractivity contribution in [3.05, 3.63) is 47.6 Å². The van der Waals surface area contributed by atoms with E-state index < -0.39 is 11.1 Å². The number of ether oxygens (including phenoxy) is 1. The minimum absolute atomic E-state index is 0.0292. The molecule has 1 aromatic carbocycles. The second kappa shape index (κ2) is 11.1. The standard InChI is InChI=1S/C28H41NO3/c1-4-5-6-7-8-9-10-11-12-13-19-28(32-24-16-17-25(30)23(3)20-24)26(31)29-27(28)18-14-15-22(2)21-27/h14-18,20,30H,4-13,19,21H2,1-3H3,(H,29,31). The van der Waals surface area contributed by atoms with Crippen LogP contribution in [-0.2, 0) is 4.79 Å². The van der Waals surface area contributed by atoms with Crippen molar-refractivity contribution >= 4 is 5.91 Å². The van der Waals surface area contributed by atoms with Gasteiger partial charge in [0.05, 0.1) is 0 Å². The lowest BCUT2D eigenvalue weighted by molar-refractivity contribution is -0.166. The highest BCUT2D eigenvalue weighted by Gasteiger charge is 2.66. The van der Waals surface area contributed by atoms with Crippen molar-refractivity contribution in [3.63, 3.8) is 0 Å². The Kier molecular flexibility index (Phi) is 8.44. The highest BCUT2D eigenvalue weighted by molar-refractivity contribution is 5.96. The zero-order chi connectivity index (χ0) is 23.0. The van der Waals surface area contributed by atoms with Crippen LogP contribution in [0.25, 0.3) is 0 Å². The summed E-state index contributed by atoms with van der Waals surface area (Å²) in [6.45, 7) is 6.21. The Labute approximate surface area is 194 Å². The van der Waals surface area contributed by atoms with Crippen molar-refractivity contribution < 1.29 is 14.6 Å². The number of benzene rings is 1. The summed E-state index contributed by atoms with van der Waals surface area (Å²) in [6.07, 6.45) is 20.3. The average molecular weight is 440 g/mol. The van der Waals surface area contributed by atoms with Gasteiger partial charge in [0.1, 0.15) is 17.0 Å².